The molecule has 1 aromatic carbocycles. The van der Waals surface area contributed by atoms with E-state index < -0.39 is 5.97 Å². The zero-order valence-electron chi connectivity index (χ0n) is 12.2. The third kappa shape index (κ3) is 4.12. The highest BCUT2D eigenvalue weighted by Crippen LogP contribution is 2.22. The molecular formula is C16H15Cl2NO3. The second-order valence-electron chi connectivity index (χ2n) is 5.09. The summed E-state index contributed by atoms with van der Waals surface area (Å²) in [5.74, 6) is -0.460. The standard InChI is InChI=1S/C16H15Cl2NO3/c1-10(2)22-16(21)12-4-6-15(20)19(9-12)8-11-3-5-13(17)14(18)7-11/h3-7,9-10H,8H2,1-2H3. The molecular weight excluding hydrogens is 325 g/mol. The molecule has 0 bridgehead atoms. The van der Waals surface area contributed by atoms with Crippen LogP contribution in [-0.2, 0) is 11.3 Å². The minimum atomic E-state index is -0.460. The molecule has 0 N–H and O–H groups in total. The van der Waals surface area contributed by atoms with Crippen molar-refractivity contribution in [3.63, 3.8) is 0 Å². The summed E-state index contributed by atoms with van der Waals surface area (Å²) in [6.45, 7) is 3.83. The molecule has 0 saturated carbocycles. The van der Waals surface area contributed by atoms with Crippen LogP contribution in [0.5, 0.6) is 0 Å². The van der Waals surface area contributed by atoms with Crippen molar-refractivity contribution in [2.75, 3.05) is 0 Å². The molecule has 6 heteroatoms. The van der Waals surface area contributed by atoms with Crippen molar-refractivity contribution in [2.24, 2.45) is 0 Å². The van der Waals surface area contributed by atoms with E-state index in [1.165, 1.54) is 22.9 Å². The Hall–Kier alpha value is -1.78. The monoisotopic (exact) mass is 339 g/mol. The molecule has 0 spiro atoms. The van der Waals surface area contributed by atoms with Gasteiger partial charge in [0, 0.05) is 12.3 Å². The predicted octanol–water partition coefficient (Wildman–Crippen LogP) is 3.77. The lowest BCUT2D eigenvalue weighted by atomic mass is 10.2. The minimum absolute atomic E-state index is 0.216. The zero-order chi connectivity index (χ0) is 16.3. The molecule has 0 aliphatic rings. The van der Waals surface area contributed by atoms with E-state index in [4.69, 9.17) is 27.9 Å². The fourth-order valence-electron chi connectivity index (χ4n) is 1.89. The lowest BCUT2D eigenvalue weighted by Crippen LogP contribution is -2.22. The molecule has 0 saturated heterocycles. The van der Waals surface area contributed by atoms with Gasteiger partial charge in [-0.15, -0.1) is 0 Å². The van der Waals surface area contributed by atoms with Crippen LogP contribution in [0.2, 0.25) is 10.0 Å². The van der Waals surface area contributed by atoms with Gasteiger partial charge < -0.3 is 9.30 Å². The van der Waals surface area contributed by atoms with Crippen LogP contribution in [0.1, 0.15) is 29.8 Å². The van der Waals surface area contributed by atoms with Crippen molar-refractivity contribution in [1.82, 2.24) is 4.57 Å². The van der Waals surface area contributed by atoms with E-state index in [0.29, 0.717) is 22.2 Å². The van der Waals surface area contributed by atoms with Crippen LogP contribution in [0.25, 0.3) is 0 Å². The van der Waals surface area contributed by atoms with Crippen LogP contribution < -0.4 is 5.56 Å². The number of hydrogen-bond donors (Lipinski definition) is 0. The van der Waals surface area contributed by atoms with Gasteiger partial charge >= 0.3 is 5.97 Å². The first-order valence-corrected chi connectivity index (χ1v) is 7.48. The molecule has 1 heterocycles. The predicted molar refractivity (Wildman–Crippen MR) is 86.8 cm³/mol. The normalized spacial score (nSPS) is 10.8. The molecule has 2 aromatic rings. The molecule has 0 unspecified atom stereocenters. The minimum Gasteiger partial charge on any atom is -0.459 e. The van der Waals surface area contributed by atoms with Crippen LogP contribution in [-0.4, -0.2) is 16.6 Å². The molecule has 22 heavy (non-hydrogen) atoms. The SMILES string of the molecule is CC(C)OC(=O)c1ccc(=O)n(Cc2ccc(Cl)c(Cl)c2)c1. The third-order valence-electron chi connectivity index (χ3n) is 2.90. The Morgan fingerprint density at radius 3 is 2.55 bits per heavy atom. The van der Waals surface area contributed by atoms with E-state index in [-0.39, 0.29) is 11.7 Å². The van der Waals surface area contributed by atoms with E-state index in [1.807, 2.05) is 0 Å². The highest BCUT2D eigenvalue weighted by atomic mass is 35.5. The fraction of sp³-hybridized carbons (Fsp3) is 0.250. The summed E-state index contributed by atoms with van der Waals surface area (Å²) in [5.41, 5.74) is 0.923. The third-order valence-corrected chi connectivity index (χ3v) is 3.64. The van der Waals surface area contributed by atoms with Crippen LogP contribution in [0, 0.1) is 0 Å². The summed E-state index contributed by atoms with van der Waals surface area (Å²) in [6, 6.07) is 7.93. The van der Waals surface area contributed by atoms with Gasteiger partial charge in [0.15, 0.2) is 0 Å². The molecule has 4 nitrogen and oxygen atoms in total. The number of hydrogen-bond acceptors (Lipinski definition) is 3. The van der Waals surface area contributed by atoms with Gasteiger partial charge in [0.1, 0.15) is 0 Å². The number of aromatic nitrogens is 1. The Morgan fingerprint density at radius 2 is 1.91 bits per heavy atom. The largest absolute Gasteiger partial charge is 0.459 e. The van der Waals surface area contributed by atoms with Gasteiger partial charge in [0.2, 0.25) is 0 Å². The number of ether oxygens (including phenoxy) is 1. The van der Waals surface area contributed by atoms with Gasteiger partial charge in [-0.3, -0.25) is 4.79 Å². The molecule has 0 atom stereocenters. The lowest BCUT2D eigenvalue weighted by molar-refractivity contribution is 0.0377. The quantitative estimate of drug-likeness (QED) is 0.796. The summed E-state index contributed by atoms with van der Waals surface area (Å²) in [4.78, 5) is 23.8. The van der Waals surface area contributed by atoms with Gasteiger partial charge in [0.25, 0.3) is 5.56 Å². The first-order chi connectivity index (χ1) is 10.4. The second kappa shape index (κ2) is 6.99. The van der Waals surface area contributed by atoms with Crippen molar-refractivity contribution in [3.8, 4) is 0 Å². The fourth-order valence-corrected chi connectivity index (χ4v) is 2.21. The molecule has 0 aliphatic carbocycles. The van der Waals surface area contributed by atoms with E-state index >= 15 is 0 Å². The summed E-state index contributed by atoms with van der Waals surface area (Å²) >= 11 is 11.8. The van der Waals surface area contributed by atoms with Crippen molar-refractivity contribution in [3.05, 3.63) is 68.1 Å². The summed E-state index contributed by atoms with van der Waals surface area (Å²) in [6.07, 6.45) is 1.26. The van der Waals surface area contributed by atoms with Crippen LogP contribution in [0.15, 0.2) is 41.3 Å². The van der Waals surface area contributed by atoms with Gasteiger partial charge in [0.05, 0.1) is 28.3 Å². The summed E-state index contributed by atoms with van der Waals surface area (Å²) in [7, 11) is 0. The number of carbonyl (C=O) groups excluding carboxylic acids is 1. The number of esters is 1. The van der Waals surface area contributed by atoms with Crippen molar-refractivity contribution < 1.29 is 9.53 Å². The Kier molecular flexibility index (Phi) is 5.27. The van der Waals surface area contributed by atoms with Gasteiger partial charge in [-0.05, 0) is 37.6 Å². The first kappa shape index (κ1) is 16.6. The Bertz CT molecular complexity index is 753. The summed E-state index contributed by atoms with van der Waals surface area (Å²) < 4.78 is 6.55. The molecule has 116 valence electrons. The molecule has 0 aliphatic heterocycles. The second-order valence-corrected chi connectivity index (χ2v) is 5.90. The molecule has 0 radical (unpaired) electrons. The number of halogens is 2. The van der Waals surface area contributed by atoms with Crippen molar-refractivity contribution in [1.29, 1.82) is 0 Å². The molecule has 2 rings (SSSR count). The van der Waals surface area contributed by atoms with Crippen LogP contribution in [0.3, 0.4) is 0 Å². The van der Waals surface area contributed by atoms with Gasteiger partial charge in [-0.1, -0.05) is 29.3 Å². The Labute approximate surface area is 138 Å². The van der Waals surface area contributed by atoms with Crippen LogP contribution in [0.4, 0.5) is 0 Å². The highest BCUT2D eigenvalue weighted by molar-refractivity contribution is 6.42. The van der Waals surface area contributed by atoms with E-state index in [9.17, 15) is 9.59 Å². The average Bonchev–Trinajstić information content (AvgIpc) is 2.44. The van der Waals surface area contributed by atoms with Gasteiger partial charge in [-0.2, -0.15) is 0 Å². The summed E-state index contributed by atoms with van der Waals surface area (Å²) in [5, 5.41) is 0.870. The van der Waals surface area contributed by atoms with Crippen molar-refractivity contribution >= 4 is 29.2 Å². The zero-order valence-corrected chi connectivity index (χ0v) is 13.7. The number of nitrogens with zero attached hydrogens (tertiary/aromatic N) is 1. The van der Waals surface area contributed by atoms with Crippen LogP contribution >= 0.6 is 23.2 Å². The molecule has 0 amide bonds. The number of pyridine rings is 1. The van der Waals surface area contributed by atoms with Crippen molar-refractivity contribution in [2.45, 2.75) is 26.5 Å². The maximum atomic E-state index is 11.9. The number of rotatable bonds is 4. The smallest absolute Gasteiger partial charge is 0.339 e. The Balaban J connectivity index is 2.28. The molecule has 1 aromatic heterocycles. The lowest BCUT2D eigenvalue weighted by Gasteiger charge is -2.11. The van der Waals surface area contributed by atoms with E-state index in [1.54, 1.807) is 32.0 Å². The maximum Gasteiger partial charge on any atom is 0.339 e. The van der Waals surface area contributed by atoms with E-state index in [2.05, 4.69) is 0 Å². The maximum absolute atomic E-state index is 11.9. The number of benzene rings is 1. The average molecular weight is 340 g/mol. The number of carbonyl (C=O) groups is 1. The Morgan fingerprint density at radius 1 is 1.18 bits per heavy atom. The molecule has 0 fully saturated rings. The first-order valence-electron chi connectivity index (χ1n) is 6.72. The van der Waals surface area contributed by atoms with E-state index in [0.717, 1.165) is 5.56 Å². The highest BCUT2D eigenvalue weighted by Gasteiger charge is 2.11. The van der Waals surface area contributed by atoms with Gasteiger partial charge in [-0.25, -0.2) is 4.79 Å². The topological polar surface area (TPSA) is 48.3 Å².